The number of hydrogen-bond donors (Lipinski definition) is 2. The Morgan fingerprint density at radius 3 is 2.20 bits per heavy atom. The molecule has 0 saturated carbocycles. The van der Waals surface area contributed by atoms with Gasteiger partial charge in [0.25, 0.3) is 5.91 Å². The topological polar surface area (TPSA) is 58.2 Å². The van der Waals surface area contributed by atoms with Gasteiger partial charge in [-0.15, -0.1) is 0 Å². The second-order valence-electron chi connectivity index (χ2n) is 6.88. The Labute approximate surface area is 147 Å². The first-order valence-electron chi connectivity index (χ1n) is 8.16. The molecular formula is C20H23FN2O2. The molecule has 2 amide bonds. The fourth-order valence-electron chi connectivity index (χ4n) is 2.28. The largest absolute Gasteiger partial charge is 0.350 e. The second kappa shape index (κ2) is 7.92. The number of carbonyl (C=O) groups is 2. The van der Waals surface area contributed by atoms with E-state index in [1.807, 2.05) is 12.1 Å². The van der Waals surface area contributed by atoms with Gasteiger partial charge in [0, 0.05) is 17.7 Å². The average Bonchev–Trinajstić information content (AvgIpc) is 2.58. The number of benzene rings is 2. The van der Waals surface area contributed by atoms with E-state index in [-0.39, 0.29) is 36.1 Å². The standard InChI is InChI=1S/C20H23FN2O2/c1-20(2,3)16-10-8-14(9-11-16)19(25)23-13-18(24)22-12-15-6-4-5-7-17(15)21/h4-11H,12-13H2,1-3H3,(H,22,24)(H,23,25). The monoisotopic (exact) mass is 342 g/mol. The Kier molecular flexibility index (Phi) is 5.91. The summed E-state index contributed by atoms with van der Waals surface area (Å²) < 4.78 is 13.5. The molecular weight excluding hydrogens is 319 g/mol. The fraction of sp³-hybridized carbons (Fsp3) is 0.300. The summed E-state index contributed by atoms with van der Waals surface area (Å²) in [7, 11) is 0. The minimum absolute atomic E-state index is 0.0155. The predicted octanol–water partition coefficient (Wildman–Crippen LogP) is 3.17. The third-order valence-electron chi connectivity index (χ3n) is 3.86. The minimum Gasteiger partial charge on any atom is -0.350 e. The molecule has 0 saturated heterocycles. The molecule has 0 fully saturated rings. The maximum atomic E-state index is 13.5. The Morgan fingerprint density at radius 1 is 0.960 bits per heavy atom. The molecule has 2 N–H and O–H groups in total. The van der Waals surface area contributed by atoms with Crippen LogP contribution in [0, 0.1) is 5.82 Å². The van der Waals surface area contributed by atoms with Gasteiger partial charge >= 0.3 is 0 Å². The number of nitrogens with one attached hydrogen (secondary N) is 2. The summed E-state index contributed by atoms with van der Waals surface area (Å²) in [6, 6.07) is 13.5. The van der Waals surface area contributed by atoms with Gasteiger partial charge in [0.1, 0.15) is 5.82 Å². The maximum absolute atomic E-state index is 13.5. The quantitative estimate of drug-likeness (QED) is 0.877. The van der Waals surface area contributed by atoms with Crippen molar-refractivity contribution >= 4 is 11.8 Å². The predicted molar refractivity (Wildman–Crippen MR) is 95.7 cm³/mol. The van der Waals surface area contributed by atoms with E-state index < -0.39 is 0 Å². The molecule has 0 heterocycles. The zero-order valence-corrected chi connectivity index (χ0v) is 14.7. The first-order chi connectivity index (χ1) is 11.8. The number of halogens is 1. The molecule has 5 heteroatoms. The summed E-state index contributed by atoms with van der Waals surface area (Å²) in [5.74, 6) is -1.06. The van der Waals surface area contributed by atoms with Crippen LogP contribution < -0.4 is 10.6 Å². The summed E-state index contributed by atoms with van der Waals surface area (Å²) in [6.45, 7) is 6.22. The first-order valence-corrected chi connectivity index (χ1v) is 8.16. The van der Waals surface area contributed by atoms with Crippen molar-refractivity contribution in [1.82, 2.24) is 10.6 Å². The molecule has 0 aromatic heterocycles. The lowest BCUT2D eigenvalue weighted by Crippen LogP contribution is -2.36. The highest BCUT2D eigenvalue weighted by molar-refractivity contribution is 5.96. The van der Waals surface area contributed by atoms with Crippen molar-refractivity contribution in [1.29, 1.82) is 0 Å². The SMILES string of the molecule is CC(C)(C)c1ccc(C(=O)NCC(=O)NCc2ccccc2F)cc1. The molecule has 0 aliphatic rings. The molecule has 2 aromatic rings. The third kappa shape index (κ3) is 5.41. The number of rotatable bonds is 5. The molecule has 0 bridgehead atoms. The van der Waals surface area contributed by atoms with Gasteiger partial charge in [-0.05, 0) is 29.2 Å². The van der Waals surface area contributed by atoms with Crippen molar-refractivity contribution < 1.29 is 14.0 Å². The van der Waals surface area contributed by atoms with E-state index in [0.29, 0.717) is 11.1 Å². The molecule has 0 unspecified atom stereocenters. The Morgan fingerprint density at radius 2 is 1.60 bits per heavy atom. The number of amides is 2. The molecule has 0 aliphatic heterocycles. The molecule has 2 aromatic carbocycles. The van der Waals surface area contributed by atoms with Crippen LogP contribution in [0.1, 0.15) is 42.3 Å². The van der Waals surface area contributed by atoms with E-state index in [4.69, 9.17) is 0 Å². The van der Waals surface area contributed by atoms with Gasteiger partial charge in [-0.1, -0.05) is 51.1 Å². The summed E-state index contributed by atoms with van der Waals surface area (Å²) in [6.07, 6.45) is 0. The van der Waals surface area contributed by atoms with Crippen molar-refractivity contribution in [2.75, 3.05) is 6.54 Å². The van der Waals surface area contributed by atoms with Gasteiger partial charge in [0.2, 0.25) is 5.91 Å². The zero-order chi connectivity index (χ0) is 18.4. The molecule has 0 spiro atoms. The molecule has 4 nitrogen and oxygen atoms in total. The van der Waals surface area contributed by atoms with E-state index in [0.717, 1.165) is 5.56 Å². The average molecular weight is 342 g/mol. The van der Waals surface area contributed by atoms with Crippen molar-refractivity contribution in [3.8, 4) is 0 Å². The highest BCUT2D eigenvalue weighted by Crippen LogP contribution is 2.22. The van der Waals surface area contributed by atoms with Crippen LogP contribution in [0.5, 0.6) is 0 Å². The fourth-order valence-corrected chi connectivity index (χ4v) is 2.28. The summed E-state index contributed by atoms with van der Waals surface area (Å²) in [4.78, 5) is 23.9. The molecule has 2 rings (SSSR count). The molecule has 0 atom stereocenters. The smallest absolute Gasteiger partial charge is 0.251 e. The van der Waals surface area contributed by atoms with Crippen LogP contribution in [-0.2, 0) is 16.8 Å². The van der Waals surface area contributed by atoms with Crippen LogP contribution in [0.2, 0.25) is 0 Å². The minimum atomic E-state index is -0.372. The van der Waals surface area contributed by atoms with E-state index in [2.05, 4.69) is 31.4 Å². The van der Waals surface area contributed by atoms with Crippen LogP contribution in [0.3, 0.4) is 0 Å². The lowest BCUT2D eigenvalue weighted by atomic mass is 9.87. The van der Waals surface area contributed by atoms with Crippen LogP contribution in [0.15, 0.2) is 48.5 Å². The van der Waals surface area contributed by atoms with E-state index >= 15 is 0 Å². The molecule has 0 aliphatic carbocycles. The van der Waals surface area contributed by atoms with E-state index in [1.165, 1.54) is 6.07 Å². The van der Waals surface area contributed by atoms with Gasteiger partial charge < -0.3 is 10.6 Å². The lowest BCUT2D eigenvalue weighted by molar-refractivity contribution is -0.120. The van der Waals surface area contributed by atoms with E-state index in [1.54, 1.807) is 30.3 Å². The summed E-state index contributed by atoms with van der Waals surface area (Å²) >= 11 is 0. The van der Waals surface area contributed by atoms with Crippen LogP contribution in [0.4, 0.5) is 4.39 Å². The summed E-state index contributed by atoms with van der Waals surface area (Å²) in [5, 5.41) is 5.15. The van der Waals surface area contributed by atoms with Gasteiger partial charge in [-0.3, -0.25) is 9.59 Å². The molecule has 25 heavy (non-hydrogen) atoms. The number of carbonyl (C=O) groups excluding carboxylic acids is 2. The van der Waals surface area contributed by atoms with Gasteiger partial charge in [-0.2, -0.15) is 0 Å². The van der Waals surface area contributed by atoms with Crippen molar-refractivity contribution in [2.24, 2.45) is 0 Å². The van der Waals surface area contributed by atoms with Crippen molar-refractivity contribution in [2.45, 2.75) is 32.7 Å². The molecule has 132 valence electrons. The lowest BCUT2D eigenvalue weighted by Gasteiger charge is -2.19. The normalized spacial score (nSPS) is 11.0. The van der Waals surface area contributed by atoms with Crippen LogP contribution in [0.25, 0.3) is 0 Å². The summed E-state index contributed by atoms with van der Waals surface area (Å²) in [5.41, 5.74) is 2.04. The third-order valence-corrected chi connectivity index (χ3v) is 3.86. The molecule has 0 radical (unpaired) electrons. The highest BCUT2D eigenvalue weighted by Gasteiger charge is 2.14. The zero-order valence-electron chi connectivity index (χ0n) is 14.7. The van der Waals surface area contributed by atoms with Crippen molar-refractivity contribution in [3.63, 3.8) is 0 Å². The Bertz CT molecular complexity index is 749. The van der Waals surface area contributed by atoms with Crippen LogP contribution in [-0.4, -0.2) is 18.4 Å². The first kappa shape index (κ1) is 18.6. The van der Waals surface area contributed by atoms with E-state index in [9.17, 15) is 14.0 Å². The van der Waals surface area contributed by atoms with Gasteiger partial charge in [0.05, 0.1) is 6.54 Å². The van der Waals surface area contributed by atoms with Gasteiger partial charge in [0.15, 0.2) is 0 Å². The Balaban J connectivity index is 1.83. The second-order valence-corrected chi connectivity index (χ2v) is 6.88. The Hall–Kier alpha value is -2.69. The van der Waals surface area contributed by atoms with Crippen molar-refractivity contribution in [3.05, 3.63) is 71.0 Å². The van der Waals surface area contributed by atoms with Crippen LogP contribution >= 0.6 is 0 Å². The maximum Gasteiger partial charge on any atom is 0.251 e. The highest BCUT2D eigenvalue weighted by atomic mass is 19.1. The van der Waals surface area contributed by atoms with Gasteiger partial charge in [-0.25, -0.2) is 4.39 Å². The number of hydrogen-bond acceptors (Lipinski definition) is 2.